The van der Waals surface area contributed by atoms with E-state index >= 15 is 0 Å². The second-order valence-electron chi connectivity index (χ2n) is 4.23. The zero-order valence-corrected chi connectivity index (χ0v) is 11.0. The monoisotopic (exact) mass is 270 g/mol. The van der Waals surface area contributed by atoms with Gasteiger partial charge in [-0.1, -0.05) is 31.2 Å². The number of carboxylic acid groups (broad SMARTS) is 1. The summed E-state index contributed by atoms with van der Waals surface area (Å²) in [5, 5.41) is 8.84. The number of rotatable bonds is 4. The summed E-state index contributed by atoms with van der Waals surface area (Å²) in [6, 6.07) is 13.7. The number of carboxylic acids is 1. The average molecular weight is 270 g/mol. The van der Waals surface area contributed by atoms with E-state index in [0.29, 0.717) is 12.2 Å². The highest BCUT2D eigenvalue weighted by Gasteiger charge is 2.05. The van der Waals surface area contributed by atoms with Gasteiger partial charge in [0.2, 0.25) is 0 Å². The molecule has 0 saturated heterocycles. The van der Waals surface area contributed by atoms with Crippen molar-refractivity contribution in [3.8, 4) is 16.9 Å². The molecule has 1 N–H and O–H groups in total. The highest BCUT2D eigenvalue weighted by atomic mass is 16.5. The minimum absolute atomic E-state index is 0.252. The second kappa shape index (κ2) is 6.02. The number of aromatic carboxylic acids is 1. The maximum Gasteiger partial charge on any atom is 0.335 e. The van der Waals surface area contributed by atoms with E-state index < -0.39 is 5.97 Å². The Bertz CT molecular complexity index is 612. The number of esters is 1. The minimum Gasteiger partial charge on any atom is -0.478 e. The summed E-state index contributed by atoms with van der Waals surface area (Å²) in [4.78, 5) is 21.9. The molecule has 0 aliphatic carbocycles. The fourth-order valence-corrected chi connectivity index (χ4v) is 1.72. The first kappa shape index (κ1) is 13.8. The first-order valence-corrected chi connectivity index (χ1v) is 6.24. The Morgan fingerprint density at radius 1 is 0.950 bits per heavy atom. The number of ether oxygens (including phenoxy) is 1. The predicted octanol–water partition coefficient (Wildman–Crippen LogP) is 3.37. The van der Waals surface area contributed by atoms with Gasteiger partial charge in [0.05, 0.1) is 5.56 Å². The smallest absolute Gasteiger partial charge is 0.335 e. The molecule has 0 unspecified atom stereocenters. The molecule has 4 heteroatoms. The van der Waals surface area contributed by atoms with Crippen LogP contribution in [-0.2, 0) is 4.79 Å². The zero-order valence-electron chi connectivity index (χ0n) is 11.0. The largest absolute Gasteiger partial charge is 0.478 e. The van der Waals surface area contributed by atoms with E-state index in [1.165, 1.54) is 0 Å². The number of benzene rings is 2. The van der Waals surface area contributed by atoms with Gasteiger partial charge in [-0.2, -0.15) is 0 Å². The molecule has 0 aliphatic rings. The summed E-state index contributed by atoms with van der Waals surface area (Å²) in [6.07, 6.45) is 0.332. The van der Waals surface area contributed by atoms with Crippen molar-refractivity contribution in [1.82, 2.24) is 0 Å². The Labute approximate surface area is 116 Å². The molecule has 0 heterocycles. The molecule has 0 atom stereocenters. The van der Waals surface area contributed by atoms with Crippen molar-refractivity contribution >= 4 is 11.9 Å². The Hall–Kier alpha value is -2.62. The van der Waals surface area contributed by atoms with Crippen LogP contribution >= 0.6 is 0 Å². The van der Waals surface area contributed by atoms with E-state index in [0.717, 1.165) is 11.1 Å². The van der Waals surface area contributed by atoms with Gasteiger partial charge in [-0.3, -0.25) is 4.79 Å². The number of carbonyl (C=O) groups is 2. The Kier molecular flexibility index (Phi) is 4.15. The third-order valence-corrected chi connectivity index (χ3v) is 2.84. The molecule has 0 fully saturated rings. The standard InChI is InChI=1S/C16H14O4/c1-2-15(17)20-14-9-7-12(8-10-14)11-3-5-13(6-4-11)16(18)19/h3-10H,2H2,1H3,(H,18,19). The first-order valence-electron chi connectivity index (χ1n) is 6.24. The van der Waals surface area contributed by atoms with Gasteiger partial charge in [-0.15, -0.1) is 0 Å². The van der Waals surface area contributed by atoms with E-state index in [-0.39, 0.29) is 11.5 Å². The van der Waals surface area contributed by atoms with Gasteiger partial charge in [-0.05, 0) is 35.4 Å². The normalized spacial score (nSPS) is 10.1. The number of hydrogen-bond acceptors (Lipinski definition) is 3. The van der Waals surface area contributed by atoms with E-state index in [9.17, 15) is 9.59 Å². The topological polar surface area (TPSA) is 63.6 Å². The van der Waals surface area contributed by atoms with Crippen molar-refractivity contribution in [3.63, 3.8) is 0 Å². The van der Waals surface area contributed by atoms with Crippen LogP contribution in [0.25, 0.3) is 11.1 Å². The number of hydrogen-bond donors (Lipinski definition) is 1. The summed E-state index contributed by atoms with van der Waals surface area (Å²) in [5.41, 5.74) is 2.09. The van der Waals surface area contributed by atoms with Gasteiger partial charge >= 0.3 is 11.9 Å². The Balaban J connectivity index is 2.17. The lowest BCUT2D eigenvalue weighted by Gasteiger charge is -2.05. The van der Waals surface area contributed by atoms with Crippen LogP contribution < -0.4 is 4.74 Å². The van der Waals surface area contributed by atoms with Crippen molar-refractivity contribution < 1.29 is 19.4 Å². The van der Waals surface area contributed by atoms with Gasteiger partial charge in [0, 0.05) is 6.42 Å². The summed E-state index contributed by atoms with van der Waals surface area (Å²) >= 11 is 0. The highest BCUT2D eigenvalue weighted by molar-refractivity contribution is 5.88. The van der Waals surface area contributed by atoms with Crippen LogP contribution in [0.4, 0.5) is 0 Å². The van der Waals surface area contributed by atoms with Crippen molar-refractivity contribution in [2.45, 2.75) is 13.3 Å². The molecular formula is C16H14O4. The molecule has 0 bridgehead atoms. The van der Waals surface area contributed by atoms with Gasteiger partial charge in [-0.25, -0.2) is 4.79 Å². The van der Waals surface area contributed by atoms with Crippen molar-refractivity contribution in [3.05, 3.63) is 54.1 Å². The van der Waals surface area contributed by atoms with Crippen LogP contribution in [0.3, 0.4) is 0 Å². The second-order valence-corrected chi connectivity index (χ2v) is 4.23. The fourth-order valence-electron chi connectivity index (χ4n) is 1.72. The lowest BCUT2D eigenvalue weighted by molar-refractivity contribution is -0.134. The van der Waals surface area contributed by atoms with Crippen LogP contribution in [0.2, 0.25) is 0 Å². The zero-order chi connectivity index (χ0) is 14.5. The average Bonchev–Trinajstić information content (AvgIpc) is 2.48. The van der Waals surface area contributed by atoms with Gasteiger partial charge in [0.15, 0.2) is 0 Å². The molecule has 4 nitrogen and oxygen atoms in total. The maximum atomic E-state index is 11.2. The minimum atomic E-state index is -0.946. The predicted molar refractivity (Wildman–Crippen MR) is 74.8 cm³/mol. The van der Waals surface area contributed by atoms with E-state index in [2.05, 4.69) is 0 Å². The quantitative estimate of drug-likeness (QED) is 0.683. The molecule has 0 aromatic heterocycles. The molecule has 0 radical (unpaired) electrons. The Morgan fingerprint density at radius 3 is 1.90 bits per heavy atom. The molecule has 2 aromatic rings. The fraction of sp³-hybridized carbons (Fsp3) is 0.125. The molecule has 0 spiro atoms. The molecule has 0 amide bonds. The third kappa shape index (κ3) is 3.23. The van der Waals surface area contributed by atoms with Gasteiger partial charge in [0.1, 0.15) is 5.75 Å². The molecular weight excluding hydrogens is 256 g/mol. The summed E-state index contributed by atoms with van der Waals surface area (Å²) in [6.45, 7) is 1.74. The van der Waals surface area contributed by atoms with E-state index in [1.54, 1.807) is 43.3 Å². The van der Waals surface area contributed by atoms with Gasteiger partial charge in [0.25, 0.3) is 0 Å². The summed E-state index contributed by atoms with van der Waals surface area (Å²) in [7, 11) is 0. The van der Waals surface area contributed by atoms with Crippen molar-refractivity contribution in [2.75, 3.05) is 0 Å². The Morgan fingerprint density at radius 2 is 1.45 bits per heavy atom. The van der Waals surface area contributed by atoms with E-state index in [1.807, 2.05) is 12.1 Å². The van der Waals surface area contributed by atoms with Crippen LogP contribution in [0, 0.1) is 0 Å². The van der Waals surface area contributed by atoms with E-state index in [4.69, 9.17) is 9.84 Å². The van der Waals surface area contributed by atoms with Crippen LogP contribution in [-0.4, -0.2) is 17.0 Å². The molecule has 2 aromatic carbocycles. The molecule has 0 aliphatic heterocycles. The maximum absolute atomic E-state index is 11.2. The molecule has 2 rings (SSSR count). The lowest BCUT2D eigenvalue weighted by atomic mass is 10.0. The van der Waals surface area contributed by atoms with Crippen LogP contribution in [0.1, 0.15) is 23.7 Å². The lowest BCUT2D eigenvalue weighted by Crippen LogP contribution is -2.05. The van der Waals surface area contributed by atoms with Crippen LogP contribution in [0.15, 0.2) is 48.5 Å². The van der Waals surface area contributed by atoms with Crippen LogP contribution in [0.5, 0.6) is 5.75 Å². The van der Waals surface area contributed by atoms with Crippen molar-refractivity contribution in [2.24, 2.45) is 0 Å². The highest BCUT2D eigenvalue weighted by Crippen LogP contribution is 2.23. The SMILES string of the molecule is CCC(=O)Oc1ccc(-c2ccc(C(=O)O)cc2)cc1. The van der Waals surface area contributed by atoms with Gasteiger partial charge < -0.3 is 9.84 Å². The summed E-state index contributed by atoms with van der Waals surface area (Å²) in [5.74, 6) is -0.718. The first-order chi connectivity index (χ1) is 9.60. The molecule has 20 heavy (non-hydrogen) atoms. The molecule has 0 saturated carbocycles. The third-order valence-electron chi connectivity index (χ3n) is 2.84. The van der Waals surface area contributed by atoms with Crippen molar-refractivity contribution in [1.29, 1.82) is 0 Å². The molecule has 102 valence electrons. The number of carbonyl (C=O) groups excluding carboxylic acids is 1. The summed E-state index contributed by atoms with van der Waals surface area (Å²) < 4.78 is 5.09.